The molecule has 0 bridgehead atoms. The van der Waals surface area contributed by atoms with Gasteiger partial charge in [-0.15, -0.1) is 13.2 Å². The van der Waals surface area contributed by atoms with E-state index in [1.165, 1.54) is 0 Å². The smallest absolute Gasteiger partial charge is 0.481 e. The molecule has 0 aromatic carbocycles. The van der Waals surface area contributed by atoms with E-state index in [2.05, 4.69) is 9.72 Å². The topological polar surface area (TPSA) is 59.4 Å². The van der Waals surface area contributed by atoms with Crippen LogP contribution in [0.3, 0.4) is 0 Å². The third kappa shape index (κ3) is 3.96. The van der Waals surface area contributed by atoms with Gasteiger partial charge in [-0.2, -0.15) is 0 Å². The molecule has 0 aliphatic heterocycles. The molecule has 0 amide bonds. The predicted octanol–water partition coefficient (Wildman–Crippen LogP) is 2.68. The van der Waals surface area contributed by atoms with Gasteiger partial charge >= 0.3 is 12.3 Å². The van der Waals surface area contributed by atoms with Gasteiger partial charge in [-0.1, -0.05) is 0 Å². The molecule has 4 nitrogen and oxygen atoms in total. The number of nitrogens with zero attached hydrogens (tertiary/aromatic N) is 1. The summed E-state index contributed by atoms with van der Waals surface area (Å²) in [6, 6.07) is 0. The lowest BCUT2D eigenvalue weighted by molar-refractivity contribution is -0.275. The number of carboxylic acid groups (broad SMARTS) is 1. The Morgan fingerprint density at radius 2 is 2.11 bits per heavy atom. The fourth-order valence-corrected chi connectivity index (χ4v) is 1.78. The molecular formula is C9H6F4INO3. The summed E-state index contributed by atoms with van der Waals surface area (Å²) in [5, 5.41) is 8.62. The van der Waals surface area contributed by atoms with Gasteiger partial charge < -0.3 is 9.84 Å². The second kappa shape index (κ2) is 5.67. The highest BCUT2D eigenvalue weighted by atomic mass is 127. The van der Waals surface area contributed by atoms with Crippen LogP contribution in [0.15, 0.2) is 6.20 Å². The van der Waals surface area contributed by atoms with Crippen LogP contribution in [0, 0.1) is 3.70 Å². The van der Waals surface area contributed by atoms with Crippen LogP contribution in [0.1, 0.15) is 11.1 Å². The second-order valence-corrected chi connectivity index (χ2v) is 4.16. The Labute approximate surface area is 112 Å². The Balaban J connectivity index is 3.31. The normalized spacial score (nSPS) is 11.4. The number of aliphatic carboxylic acids is 1. The average Bonchev–Trinajstić information content (AvgIpc) is 2.21. The Morgan fingerprint density at radius 3 is 2.56 bits per heavy atom. The lowest BCUT2D eigenvalue weighted by Crippen LogP contribution is -2.20. The molecule has 0 aliphatic rings. The molecule has 1 heterocycles. The summed E-state index contributed by atoms with van der Waals surface area (Å²) in [5.41, 5.74) is -0.737. The van der Waals surface area contributed by atoms with E-state index in [4.69, 9.17) is 5.11 Å². The minimum absolute atomic E-state index is 0.0199. The molecule has 1 N–H and O–H groups in total. The van der Waals surface area contributed by atoms with Crippen molar-refractivity contribution in [1.82, 2.24) is 4.98 Å². The van der Waals surface area contributed by atoms with Crippen molar-refractivity contribution in [1.29, 1.82) is 0 Å². The zero-order chi connectivity index (χ0) is 13.9. The number of aromatic nitrogens is 1. The Bertz CT molecular complexity index is 464. The summed E-state index contributed by atoms with van der Waals surface area (Å²) < 4.78 is 52.9. The molecule has 0 fully saturated rings. The maximum atomic E-state index is 12.6. The number of halogens is 5. The highest BCUT2D eigenvalue weighted by Gasteiger charge is 2.34. The summed E-state index contributed by atoms with van der Waals surface area (Å²) >= 11 is 1.56. The summed E-state index contributed by atoms with van der Waals surface area (Å²) in [6.45, 7) is -1.23. The van der Waals surface area contributed by atoms with Gasteiger partial charge in [0.15, 0.2) is 0 Å². The molecule has 1 aromatic rings. The first-order valence-corrected chi connectivity index (χ1v) is 5.52. The first-order valence-electron chi connectivity index (χ1n) is 4.44. The van der Waals surface area contributed by atoms with Crippen molar-refractivity contribution in [2.24, 2.45) is 0 Å². The van der Waals surface area contributed by atoms with E-state index in [0.717, 1.165) is 6.20 Å². The fraction of sp³-hybridized carbons (Fsp3) is 0.333. The Morgan fingerprint density at radius 1 is 1.50 bits per heavy atom. The number of hydrogen-bond donors (Lipinski definition) is 1. The fourth-order valence-electron chi connectivity index (χ4n) is 1.20. The van der Waals surface area contributed by atoms with Crippen LogP contribution in [-0.4, -0.2) is 22.4 Å². The quantitative estimate of drug-likeness (QED) is 0.497. The lowest BCUT2D eigenvalue weighted by Gasteiger charge is -2.15. The third-order valence-electron chi connectivity index (χ3n) is 1.84. The molecule has 1 rings (SSSR count). The predicted molar refractivity (Wildman–Crippen MR) is 59.8 cm³/mol. The SMILES string of the molecule is O=C(O)Cc1c(I)ncc(CF)c1OC(F)(F)F. The van der Waals surface area contributed by atoms with Gasteiger partial charge in [0.05, 0.1) is 6.42 Å². The highest BCUT2D eigenvalue weighted by Crippen LogP contribution is 2.33. The molecular weight excluding hydrogens is 373 g/mol. The minimum Gasteiger partial charge on any atom is -0.481 e. The molecule has 0 radical (unpaired) electrons. The first-order chi connectivity index (χ1) is 8.24. The summed E-state index contributed by atoms with van der Waals surface area (Å²) in [4.78, 5) is 14.2. The van der Waals surface area contributed by atoms with Gasteiger partial charge in [0.2, 0.25) is 0 Å². The van der Waals surface area contributed by atoms with Crippen molar-refractivity contribution in [2.45, 2.75) is 19.5 Å². The maximum Gasteiger partial charge on any atom is 0.573 e. The van der Waals surface area contributed by atoms with Crippen LogP contribution in [0.2, 0.25) is 0 Å². The lowest BCUT2D eigenvalue weighted by atomic mass is 10.1. The molecule has 9 heteroatoms. The largest absolute Gasteiger partial charge is 0.573 e. The van der Waals surface area contributed by atoms with Crippen molar-refractivity contribution in [3.63, 3.8) is 0 Å². The van der Waals surface area contributed by atoms with Crippen molar-refractivity contribution in [2.75, 3.05) is 0 Å². The van der Waals surface area contributed by atoms with E-state index in [9.17, 15) is 22.4 Å². The van der Waals surface area contributed by atoms with E-state index in [1.807, 2.05) is 0 Å². The summed E-state index contributed by atoms with van der Waals surface area (Å²) in [7, 11) is 0. The van der Waals surface area contributed by atoms with E-state index in [-0.39, 0.29) is 9.26 Å². The van der Waals surface area contributed by atoms with Crippen LogP contribution in [0.4, 0.5) is 17.6 Å². The number of pyridine rings is 1. The third-order valence-corrected chi connectivity index (χ3v) is 2.77. The van der Waals surface area contributed by atoms with Crippen molar-refractivity contribution in [3.05, 3.63) is 21.0 Å². The first kappa shape index (κ1) is 14.9. The molecule has 0 spiro atoms. The van der Waals surface area contributed by atoms with Crippen LogP contribution < -0.4 is 4.74 Å². The molecule has 0 saturated carbocycles. The minimum atomic E-state index is -5.03. The maximum absolute atomic E-state index is 12.6. The Hall–Kier alpha value is -1.13. The average molecular weight is 379 g/mol. The summed E-state index contributed by atoms with van der Waals surface area (Å²) in [6.07, 6.45) is -4.87. The van der Waals surface area contributed by atoms with E-state index < -0.39 is 36.7 Å². The monoisotopic (exact) mass is 379 g/mol. The van der Waals surface area contributed by atoms with Gasteiger partial charge in [0.25, 0.3) is 0 Å². The molecule has 0 aliphatic carbocycles. The highest BCUT2D eigenvalue weighted by molar-refractivity contribution is 14.1. The van der Waals surface area contributed by atoms with Gasteiger partial charge in [-0.3, -0.25) is 4.79 Å². The van der Waals surface area contributed by atoms with Gasteiger partial charge in [-0.05, 0) is 22.6 Å². The van der Waals surface area contributed by atoms with Crippen molar-refractivity contribution >= 4 is 28.6 Å². The molecule has 100 valence electrons. The van der Waals surface area contributed by atoms with Crippen molar-refractivity contribution < 1.29 is 32.2 Å². The second-order valence-electron chi connectivity index (χ2n) is 3.13. The zero-order valence-corrected chi connectivity index (χ0v) is 10.7. The number of alkyl halides is 4. The van der Waals surface area contributed by atoms with E-state index in [0.29, 0.717) is 0 Å². The molecule has 1 aromatic heterocycles. The Kier molecular flexibility index (Phi) is 4.71. The molecule has 0 atom stereocenters. The van der Waals surface area contributed by atoms with E-state index in [1.54, 1.807) is 22.6 Å². The standard InChI is InChI=1S/C9H6F4INO3/c10-2-4-3-15-8(14)5(1-6(16)17)7(4)18-9(11,12)13/h3H,1-2H2,(H,16,17). The zero-order valence-electron chi connectivity index (χ0n) is 8.59. The number of ether oxygens (including phenoxy) is 1. The number of carboxylic acids is 1. The molecule has 18 heavy (non-hydrogen) atoms. The number of hydrogen-bond acceptors (Lipinski definition) is 3. The molecule has 0 saturated heterocycles. The number of carbonyl (C=O) groups is 1. The van der Waals surface area contributed by atoms with Crippen LogP contribution in [0.5, 0.6) is 5.75 Å². The van der Waals surface area contributed by atoms with Crippen LogP contribution in [0.25, 0.3) is 0 Å². The van der Waals surface area contributed by atoms with Crippen LogP contribution >= 0.6 is 22.6 Å². The van der Waals surface area contributed by atoms with Gasteiger partial charge in [0.1, 0.15) is 16.1 Å². The van der Waals surface area contributed by atoms with Crippen LogP contribution in [-0.2, 0) is 17.9 Å². The molecule has 0 unspecified atom stereocenters. The summed E-state index contributed by atoms with van der Waals surface area (Å²) in [5.74, 6) is -2.19. The van der Waals surface area contributed by atoms with Gasteiger partial charge in [-0.25, -0.2) is 9.37 Å². The van der Waals surface area contributed by atoms with Gasteiger partial charge in [0, 0.05) is 17.3 Å². The number of rotatable bonds is 4. The van der Waals surface area contributed by atoms with E-state index >= 15 is 0 Å². The van der Waals surface area contributed by atoms with Crippen molar-refractivity contribution in [3.8, 4) is 5.75 Å².